The first kappa shape index (κ1) is 24.1. The van der Waals surface area contributed by atoms with E-state index in [0.29, 0.717) is 36.8 Å². The predicted octanol–water partition coefficient (Wildman–Crippen LogP) is 3.77. The lowest BCUT2D eigenvalue weighted by atomic mass is 10.1. The molecule has 0 saturated carbocycles. The molecule has 0 atom stereocenters. The Balaban J connectivity index is 1.40. The van der Waals surface area contributed by atoms with E-state index < -0.39 is 16.1 Å². The Morgan fingerprint density at radius 2 is 1.83 bits per heavy atom. The lowest BCUT2D eigenvalue weighted by Gasteiger charge is -2.14. The number of rotatable bonds is 9. The van der Waals surface area contributed by atoms with E-state index in [1.807, 2.05) is 19.1 Å². The topological polar surface area (TPSA) is 114 Å². The molecule has 1 aliphatic heterocycles. The number of nitrogens with zero attached hydrogens (tertiary/aromatic N) is 1. The van der Waals surface area contributed by atoms with Crippen LogP contribution in [0.4, 0.5) is 16.2 Å². The van der Waals surface area contributed by atoms with Gasteiger partial charge in [-0.05, 0) is 67.1 Å². The zero-order chi connectivity index (χ0) is 24.8. The molecule has 1 heterocycles. The van der Waals surface area contributed by atoms with E-state index in [1.165, 1.54) is 23.1 Å². The quantitative estimate of drug-likeness (QED) is 0.467. The minimum absolute atomic E-state index is 0.0811. The maximum Gasteiger partial charge on any atom is 0.414 e. The smallest absolute Gasteiger partial charge is 0.414 e. The lowest BCUT2D eigenvalue weighted by Crippen LogP contribution is -2.25. The minimum atomic E-state index is -3.84. The van der Waals surface area contributed by atoms with Crippen LogP contribution >= 0.6 is 0 Å². The number of sulfonamides is 1. The molecule has 0 spiro atoms. The van der Waals surface area contributed by atoms with Gasteiger partial charge in [-0.25, -0.2) is 13.2 Å². The number of ether oxygens (including phenoxy) is 2. The first-order chi connectivity index (χ1) is 16.9. The molecular weight excluding hydrogens is 470 g/mol. The fraction of sp³-hybridized carbons (Fsp3) is 0.200. The number of amides is 2. The van der Waals surface area contributed by atoms with Gasteiger partial charge in [0.05, 0.1) is 18.0 Å². The summed E-state index contributed by atoms with van der Waals surface area (Å²) in [6.45, 7) is 3.39. The van der Waals surface area contributed by atoms with Crippen LogP contribution in [0.3, 0.4) is 0 Å². The Morgan fingerprint density at radius 3 is 2.54 bits per heavy atom. The Hall–Kier alpha value is -4.05. The van der Waals surface area contributed by atoms with Crippen LogP contribution in [0.1, 0.15) is 22.8 Å². The fourth-order valence-corrected chi connectivity index (χ4v) is 4.62. The summed E-state index contributed by atoms with van der Waals surface area (Å²) in [5.74, 6) is 0.217. The number of carbonyl (C=O) groups is 2. The summed E-state index contributed by atoms with van der Waals surface area (Å²) in [7, 11) is -3.84. The van der Waals surface area contributed by atoms with Crippen molar-refractivity contribution in [3.8, 4) is 5.75 Å². The van der Waals surface area contributed by atoms with Crippen molar-refractivity contribution < 1.29 is 27.5 Å². The number of benzene rings is 3. The highest BCUT2D eigenvalue weighted by Gasteiger charge is 2.23. The van der Waals surface area contributed by atoms with Gasteiger partial charge in [0.15, 0.2) is 0 Å². The van der Waals surface area contributed by atoms with E-state index in [9.17, 15) is 18.0 Å². The monoisotopic (exact) mass is 495 g/mol. The van der Waals surface area contributed by atoms with Crippen molar-refractivity contribution in [3.05, 3.63) is 83.9 Å². The van der Waals surface area contributed by atoms with Crippen molar-refractivity contribution in [2.45, 2.75) is 18.4 Å². The minimum Gasteiger partial charge on any atom is -0.494 e. The van der Waals surface area contributed by atoms with Gasteiger partial charge in [0.1, 0.15) is 12.4 Å². The molecule has 35 heavy (non-hydrogen) atoms. The Labute approximate surface area is 203 Å². The summed E-state index contributed by atoms with van der Waals surface area (Å²) < 4.78 is 38.3. The molecule has 0 aromatic heterocycles. The van der Waals surface area contributed by atoms with Crippen molar-refractivity contribution in [2.75, 3.05) is 29.4 Å². The van der Waals surface area contributed by atoms with Crippen LogP contribution in [-0.2, 0) is 21.3 Å². The molecule has 4 rings (SSSR count). The van der Waals surface area contributed by atoms with Gasteiger partial charge < -0.3 is 14.8 Å². The summed E-state index contributed by atoms with van der Waals surface area (Å²) in [6.07, 6.45) is -0.393. The van der Waals surface area contributed by atoms with Gasteiger partial charge >= 0.3 is 6.09 Å². The summed E-state index contributed by atoms with van der Waals surface area (Å²) >= 11 is 0. The number of anilines is 2. The normalized spacial score (nSPS) is 13.3. The van der Waals surface area contributed by atoms with Crippen LogP contribution in [0.2, 0.25) is 0 Å². The van der Waals surface area contributed by atoms with Crippen molar-refractivity contribution >= 4 is 33.4 Å². The molecule has 182 valence electrons. The standard InChI is InChI=1S/C25H25N3O6S/c1-2-33-22-9-11-23(12-10-22)35(31,32)27-20-7-4-6-19(16-20)24(29)26-17-18-5-3-8-21(15-18)28-13-14-34-25(28)30/h3-12,15-16,27H,2,13-14,17H2,1H3,(H,26,29). The second kappa shape index (κ2) is 10.5. The van der Waals surface area contributed by atoms with Crippen molar-refractivity contribution in [1.82, 2.24) is 5.32 Å². The molecule has 1 fully saturated rings. The molecule has 1 aliphatic rings. The van der Waals surface area contributed by atoms with E-state index >= 15 is 0 Å². The lowest BCUT2D eigenvalue weighted by molar-refractivity contribution is 0.0951. The summed E-state index contributed by atoms with van der Waals surface area (Å²) in [6, 6.07) is 19.6. The van der Waals surface area contributed by atoms with Gasteiger partial charge in [-0.15, -0.1) is 0 Å². The Morgan fingerprint density at radius 1 is 1.06 bits per heavy atom. The highest BCUT2D eigenvalue weighted by atomic mass is 32.2. The largest absolute Gasteiger partial charge is 0.494 e. The van der Waals surface area contributed by atoms with Gasteiger partial charge in [-0.1, -0.05) is 18.2 Å². The average Bonchev–Trinajstić information content (AvgIpc) is 3.29. The molecule has 3 aromatic carbocycles. The van der Waals surface area contributed by atoms with E-state index in [1.54, 1.807) is 42.5 Å². The molecule has 0 aliphatic carbocycles. The number of hydrogen-bond donors (Lipinski definition) is 2. The van der Waals surface area contributed by atoms with Crippen LogP contribution in [-0.4, -0.2) is 40.2 Å². The van der Waals surface area contributed by atoms with Crippen molar-refractivity contribution in [1.29, 1.82) is 0 Å². The third kappa shape index (κ3) is 5.90. The summed E-state index contributed by atoms with van der Waals surface area (Å²) in [4.78, 5) is 26.1. The fourth-order valence-electron chi connectivity index (χ4n) is 3.57. The van der Waals surface area contributed by atoms with Gasteiger partial charge in [0.25, 0.3) is 15.9 Å². The number of cyclic esters (lactones) is 1. The molecular formula is C25H25N3O6S. The molecule has 1 saturated heterocycles. The molecule has 0 unspecified atom stereocenters. The Kier molecular flexibility index (Phi) is 7.21. The Bertz CT molecular complexity index is 1330. The third-order valence-electron chi connectivity index (χ3n) is 5.26. The summed E-state index contributed by atoms with van der Waals surface area (Å²) in [5.41, 5.74) is 2.07. The highest BCUT2D eigenvalue weighted by molar-refractivity contribution is 7.92. The average molecular weight is 496 g/mol. The van der Waals surface area contributed by atoms with Crippen LogP contribution in [0.5, 0.6) is 5.75 Å². The van der Waals surface area contributed by atoms with E-state index in [-0.39, 0.29) is 23.0 Å². The van der Waals surface area contributed by atoms with Crippen LogP contribution in [0, 0.1) is 0 Å². The first-order valence-electron chi connectivity index (χ1n) is 11.0. The van der Waals surface area contributed by atoms with Gasteiger partial charge in [-0.3, -0.25) is 14.4 Å². The van der Waals surface area contributed by atoms with Crippen LogP contribution < -0.4 is 19.7 Å². The van der Waals surface area contributed by atoms with Crippen molar-refractivity contribution in [3.63, 3.8) is 0 Å². The van der Waals surface area contributed by atoms with Gasteiger partial charge in [0, 0.05) is 23.5 Å². The zero-order valence-corrected chi connectivity index (χ0v) is 19.9. The van der Waals surface area contributed by atoms with Gasteiger partial charge in [0.2, 0.25) is 0 Å². The molecule has 10 heteroatoms. The predicted molar refractivity (Wildman–Crippen MR) is 131 cm³/mol. The molecule has 2 N–H and O–H groups in total. The maximum absolute atomic E-state index is 12.7. The van der Waals surface area contributed by atoms with E-state index in [0.717, 1.165) is 5.56 Å². The first-order valence-corrected chi connectivity index (χ1v) is 12.5. The second-order valence-electron chi connectivity index (χ2n) is 7.71. The highest BCUT2D eigenvalue weighted by Crippen LogP contribution is 2.21. The number of hydrogen-bond acceptors (Lipinski definition) is 6. The number of nitrogens with one attached hydrogen (secondary N) is 2. The third-order valence-corrected chi connectivity index (χ3v) is 6.66. The molecule has 9 nitrogen and oxygen atoms in total. The zero-order valence-electron chi connectivity index (χ0n) is 19.1. The van der Waals surface area contributed by atoms with Gasteiger partial charge in [-0.2, -0.15) is 0 Å². The second-order valence-corrected chi connectivity index (χ2v) is 9.39. The number of carbonyl (C=O) groups excluding carboxylic acids is 2. The van der Waals surface area contributed by atoms with Crippen molar-refractivity contribution in [2.24, 2.45) is 0 Å². The van der Waals surface area contributed by atoms with Crippen LogP contribution in [0.25, 0.3) is 0 Å². The summed E-state index contributed by atoms with van der Waals surface area (Å²) in [5, 5.41) is 2.82. The SMILES string of the molecule is CCOc1ccc(S(=O)(=O)Nc2cccc(C(=O)NCc3cccc(N4CCOC4=O)c3)c2)cc1. The molecule has 0 radical (unpaired) electrons. The molecule has 0 bridgehead atoms. The van der Waals surface area contributed by atoms with Crippen LogP contribution in [0.15, 0.2) is 77.7 Å². The van der Waals surface area contributed by atoms with E-state index in [2.05, 4.69) is 10.0 Å². The molecule has 3 aromatic rings. The van der Waals surface area contributed by atoms with E-state index in [4.69, 9.17) is 9.47 Å². The molecule has 2 amide bonds. The maximum atomic E-state index is 12.7.